The number of hydrogen-bond donors (Lipinski definition) is 4. The Bertz CT molecular complexity index is 1210. The van der Waals surface area contributed by atoms with E-state index in [4.69, 9.17) is 9.94 Å². The van der Waals surface area contributed by atoms with E-state index >= 15 is 0 Å². The van der Waals surface area contributed by atoms with Crippen molar-refractivity contribution in [3.63, 3.8) is 0 Å². The van der Waals surface area contributed by atoms with Gasteiger partial charge in [0, 0.05) is 28.8 Å². The highest BCUT2D eigenvalue weighted by atomic mass is 16.5. The van der Waals surface area contributed by atoms with Gasteiger partial charge >= 0.3 is 0 Å². The molecule has 0 aliphatic carbocycles. The van der Waals surface area contributed by atoms with E-state index in [9.17, 15) is 14.4 Å². The van der Waals surface area contributed by atoms with Crippen molar-refractivity contribution in [2.45, 2.75) is 31.9 Å². The molecule has 1 aliphatic heterocycles. The first-order chi connectivity index (χ1) is 15.9. The second-order valence-electron chi connectivity index (χ2n) is 8.15. The van der Waals surface area contributed by atoms with Crippen LogP contribution in [0.5, 0.6) is 5.75 Å². The molecule has 3 amide bonds. The molecule has 9 nitrogen and oxygen atoms in total. The predicted molar refractivity (Wildman–Crippen MR) is 120 cm³/mol. The van der Waals surface area contributed by atoms with Gasteiger partial charge in [-0.1, -0.05) is 18.2 Å². The number of hydroxylamine groups is 1. The first-order valence-electron chi connectivity index (χ1n) is 10.5. The molecular weight excluding hydrogens is 424 g/mol. The summed E-state index contributed by atoms with van der Waals surface area (Å²) in [6.07, 6.45) is -0.277. The largest absolute Gasteiger partial charge is 0.489 e. The average Bonchev–Trinajstić information content (AvgIpc) is 3.17. The van der Waals surface area contributed by atoms with Crippen molar-refractivity contribution in [3.8, 4) is 5.75 Å². The quantitative estimate of drug-likeness (QED) is 0.323. The van der Waals surface area contributed by atoms with Crippen LogP contribution < -0.4 is 20.9 Å². The molecular formula is C24H24N4O5. The Kier molecular flexibility index (Phi) is 6.23. The Labute approximate surface area is 190 Å². The third-order valence-corrected chi connectivity index (χ3v) is 5.57. The van der Waals surface area contributed by atoms with Gasteiger partial charge in [-0.2, -0.15) is 0 Å². The molecule has 2 heterocycles. The van der Waals surface area contributed by atoms with Crippen LogP contribution in [-0.2, 0) is 16.2 Å². The molecule has 1 aromatic heterocycles. The maximum absolute atomic E-state index is 12.8. The van der Waals surface area contributed by atoms with E-state index in [2.05, 4.69) is 15.6 Å². The summed E-state index contributed by atoms with van der Waals surface area (Å²) in [5, 5.41) is 15.2. The molecule has 0 spiro atoms. The van der Waals surface area contributed by atoms with Crippen molar-refractivity contribution in [2.75, 3.05) is 6.54 Å². The molecule has 33 heavy (non-hydrogen) atoms. The fourth-order valence-corrected chi connectivity index (χ4v) is 4.00. The van der Waals surface area contributed by atoms with Gasteiger partial charge in [0.15, 0.2) is 0 Å². The Morgan fingerprint density at radius 2 is 1.94 bits per heavy atom. The number of para-hydroxylation sites is 1. The van der Waals surface area contributed by atoms with Crippen LogP contribution >= 0.6 is 0 Å². The monoisotopic (exact) mass is 448 g/mol. The van der Waals surface area contributed by atoms with E-state index in [1.165, 1.54) is 0 Å². The van der Waals surface area contributed by atoms with Gasteiger partial charge in [0.2, 0.25) is 11.8 Å². The minimum atomic E-state index is -1.10. The van der Waals surface area contributed by atoms with E-state index in [1.807, 2.05) is 37.3 Å². The number of carbonyl (C=O) groups is 3. The van der Waals surface area contributed by atoms with Gasteiger partial charge < -0.3 is 15.4 Å². The minimum absolute atomic E-state index is 0.0489. The highest BCUT2D eigenvalue weighted by Gasteiger charge is 2.41. The standard InChI is InChI=1S/C24H24N4O5/c1-15-10-17(19-4-2-3-5-20(19)26-15)13-33-18-8-6-16(7-9-18)23(31)27-24(12-22(30)28-32)11-21(29)25-14-24/h2-10,32H,11-14H2,1H3,(H,25,29)(H,27,31)(H,28,30). The summed E-state index contributed by atoms with van der Waals surface area (Å²) in [6, 6.07) is 16.5. The van der Waals surface area contributed by atoms with Crippen molar-refractivity contribution in [1.29, 1.82) is 0 Å². The number of benzene rings is 2. The molecule has 1 unspecified atom stereocenters. The van der Waals surface area contributed by atoms with Gasteiger partial charge in [-0.15, -0.1) is 0 Å². The lowest BCUT2D eigenvalue weighted by atomic mass is 9.93. The lowest BCUT2D eigenvalue weighted by Gasteiger charge is -2.27. The fourth-order valence-electron chi connectivity index (χ4n) is 4.00. The smallest absolute Gasteiger partial charge is 0.251 e. The lowest BCUT2D eigenvalue weighted by Crippen LogP contribution is -2.52. The van der Waals surface area contributed by atoms with Crippen molar-refractivity contribution in [1.82, 2.24) is 21.1 Å². The Balaban J connectivity index is 1.43. The number of rotatable bonds is 7. The summed E-state index contributed by atoms with van der Waals surface area (Å²) < 4.78 is 5.93. The molecule has 170 valence electrons. The third kappa shape index (κ3) is 5.09. The molecule has 2 aromatic carbocycles. The SMILES string of the molecule is Cc1cc(COc2ccc(C(=O)NC3(CC(=O)NO)CNC(=O)C3)cc2)c2ccccc2n1. The Morgan fingerprint density at radius 1 is 1.18 bits per heavy atom. The summed E-state index contributed by atoms with van der Waals surface area (Å²) in [7, 11) is 0. The van der Waals surface area contributed by atoms with Gasteiger partial charge in [0.25, 0.3) is 5.91 Å². The average molecular weight is 448 g/mol. The number of amides is 3. The highest BCUT2D eigenvalue weighted by Crippen LogP contribution is 2.23. The number of nitrogens with zero attached hydrogens (tertiary/aromatic N) is 1. The second-order valence-corrected chi connectivity index (χ2v) is 8.15. The summed E-state index contributed by atoms with van der Waals surface area (Å²) in [6.45, 7) is 2.39. The van der Waals surface area contributed by atoms with Gasteiger partial charge in [-0.05, 0) is 43.3 Å². The molecule has 4 rings (SSSR count). The van der Waals surface area contributed by atoms with Crippen molar-refractivity contribution in [3.05, 3.63) is 71.4 Å². The van der Waals surface area contributed by atoms with E-state index in [0.717, 1.165) is 22.2 Å². The van der Waals surface area contributed by atoms with Crippen molar-refractivity contribution >= 4 is 28.6 Å². The third-order valence-electron chi connectivity index (χ3n) is 5.57. The summed E-state index contributed by atoms with van der Waals surface area (Å²) in [5.74, 6) is -0.796. The maximum atomic E-state index is 12.8. The summed E-state index contributed by atoms with van der Waals surface area (Å²) in [5.41, 5.74) is 3.63. The van der Waals surface area contributed by atoms with E-state index < -0.39 is 17.4 Å². The van der Waals surface area contributed by atoms with Crippen molar-refractivity contribution in [2.24, 2.45) is 0 Å². The van der Waals surface area contributed by atoms with Gasteiger partial charge in [0.1, 0.15) is 12.4 Å². The molecule has 0 bridgehead atoms. The Morgan fingerprint density at radius 3 is 2.64 bits per heavy atom. The lowest BCUT2D eigenvalue weighted by molar-refractivity contribution is -0.130. The van der Waals surface area contributed by atoms with E-state index in [-0.39, 0.29) is 25.3 Å². The maximum Gasteiger partial charge on any atom is 0.251 e. The predicted octanol–water partition coefficient (Wildman–Crippen LogP) is 2.01. The van der Waals surface area contributed by atoms with Crippen molar-refractivity contribution < 1.29 is 24.3 Å². The molecule has 1 saturated heterocycles. The fraction of sp³-hybridized carbons (Fsp3) is 0.250. The molecule has 3 aromatic rings. The van der Waals surface area contributed by atoms with E-state index in [1.54, 1.807) is 29.7 Å². The van der Waals surface area contributed by atoms with Crippen LogP contribution in [0.15, 0.2) is 54.6 Å². The summed E-state index contributed by atoms with van der Waals surface area (Å²) in [4.78, 5) is 40.7. The number of hydrogen-bond acceptors (Lipinski definition) is 6. The number of fused-ring (bicyclic) bond motifs is 1. The van der Waals surface area contributed by atoms with Gasteiger partial charge in [-0.25, -0.2) is 5.48 Å². The first-order valence-corrected chi connectivity index (χ1v) is 10.5. The van der Waals surface area contributed by atoms with Crippen LogP contribution in [0.4, 0.5) is 0 Å². The molecule has 4 N–H and O–H groups in total. The number of pyridine rings is 1. The van der Waals surface area contributed by atoms with Crippen LogP contribution in [0.25, 0.3) is 10.9 Å². The molecule has 0 saturated carbocycles. The molecule has 1 aliphatic rings. The second kappa shape index (κ2) is 9.25. The van der Waals surface area contributed by atoms with Crippen LogP contribution in [-0.4, -0.2) is 40.0 Å². The minimum Gasteiger partial charge on any atom is -0.489 e. The number of ether oxygens (including phenoxy) is 1. The zero-order valence-electron chi connectivity index (χ0n) is 18.1. The van der Waals surface area contributed by atoms with Gasteiger partial charge in [-0.3, -0.25) is 24.6 Å². The molecule has 1 fully saturated rings. The normalized spacial score (nSPS) is 17.5. The van der Waals surface area contributed by atoms with Crippen LogP contribution in [0.2, 0.25) is 0 Å². The van der Waals surface area contributed by atoms with E-state index in [0.29, 0.717) is 17.9 Å². The zero-order valence-corrected chi connectivity index (χ0v) is 18.1. The number of nitrogens with one attached hydrogen (secondary N) is 3. The molecule has 1 atom stereocenters. The summed E-state index contributed by atoms with van der Waals surface area (Å²) >= 11 is 0. The zero-order chi connectivity index (χ0) is 23.4. The molecule has 9 heteroatoms. The number of aryl methyl sites for hydroxylation is 1. The first kappa shape index (κ1) is 22.2. The topological polar surface area (TPSA) is 130 Å². The van der Waals surface area contributed by atoms with Crippen LogP contribution in [0.3, 0.4) is 0 Å². The van der Waals surface area contributed by atoms with Crippen LogP contribution in [0.1, 0.15) is 34.5 Å². The number of carbonyl (C=O) groups excluding carboxylic acids is 3. The molecule has 0 radical (unpaired) electrons. The van der Waals surface area contributed by atoms with Crippen LogP contribution in [0, 0.1) is 6.92 Å². The number of aromatic nitrogens is 1. The Hall–Kier alpha value is -3.98. The highest BCUT2D eigenvalue weighted by molar-refractivity contribution is 5.96. The van der Waals surface area contributed by atoms with Gasteiger partial charge in [0.05, 0.1) is 23.9 Å².